The van der Waals surface area contributed by atoms with Gasteiger partial charge in [0, 0.05) is 24.0 Å². The van der Waals surface area contributed by atoms with Crippen LogP contribution in [0.5, 0.6) is 0 Å². The molecule has 0 saturated heterocycles. The van der Waals surface area contributed by atoms with E-state index in [-0.39, 0.29) is 24.9 Å². The molecule has 2 atom stereocenters. The van der Waals surface area contributed by atoms with E-state index in [1.54, 1.807) is 36.4 Å². The number of halogens is 1. The molecule has 3 aromatic carbocycles. The SMILES string of the molecule is CCc1ccc(N(CC(=O)N(Cc2ccc(Cl)cc2)[C@H](Cc2ccccc2)C(=O)N[C@@H](C)CC)S(C)(=O)=O)cc1. The minimum Gasteiger partial charge on any atom is -0.352 e. The van der Waals surface area contributed by atoms with Crippen molar-refractivity contribution < 1.29 is 18.0 Å². The summed E-state index contributed by atoms with van der Waals surface area (Å²) in [6.07, 6.45) is 2.88. The van der Waals surface area contributed by atoms with Gasteiger partial charge in [-0.3, -0.25) is 13.9 Å². The fourth-order valence-electron chi connectivity index (χ4n) is 4.29. The van der Waals surface area contributed by atoms with E-state index in [1.807, 2.05) is 63.2 Å². The highest BCUT2D eigenvalue weighted by Crippen LogP contribution is 2.22. The van der Waals surface area contributed by atoms with Gasteiger partial charge in [0.1, 0.15) is 12.6 Å². The van der Waals surface area contributed by atoms with Crippen molar-refractivity contribution >= 4 is 39.1 Å². The summed E-state index contributed by atoms with van der Waals surface area (Å²) in [7, 11) is -3.80. The molecule has 0 radical (unpaired) electrons. The van der Waals surface area contributed by atoms with Crippen LogP contribution in [-0.2, 0) is 39.0 Å². The zero-order valence-corrected chi connectivity index (χ0v) is 25.1. The summed E-state index contributed by atoms with van der Waals surface area (Å²) in [5, 5.41) is 3.57. The van der Waals surface area contributed by atoms with Crippen LogP contribution in [0.15, 0.2) is 78.9 Å². The topological polar surface area (TPSA) is 86.8 Å². The fourth-order valence-corrected chi connectivity index (χ4v) is 5.27. The van der Waals surface area contributed by atoms with Crippen LogP contribution in [0.25, 0.3) is 0 Å². The molecule has 7 nitrogen and oxygen atoms in total. The monoisotopic (exact) mass is 583 g/mol. The van der Waals surface area contributed by atoms with Gasteiger partial charge in [0.2, 0.25) is 21.8 Å². The summed E-state index contributed by atoms with van der Waals surface area (Å²) in [5.74, 6) is -0.779. The van der Waals surface area contributed by atoms with Crippen molar-refractivity contribution in [3.63, 3.8) is 0 Å². The number of nitrogens with zero attached hydrogens (tertiary/aromatic N) is 2. The second-order valence-corrected chi connectivity index (χ2v) is 12.3. The van der Waals surface area contributed by atoms with Crippen molar-refractivity contribution in [1.29, 1.82) is 0 Å². The van der Waals surface area contributed by atoms with E-state index in [2.05, 4.69) is 5.32 Å². The number of carbonyl (C=O) groups excluding carboxylic acids is 2. The van der Waals surface area contributed by atoms with Gasteiger partial charge in [-0.2, -0.15) is 0 Å². The van der Waals surface area contributed by atoms with Crippen molar-refractivity contribution in [3.8, 4) is 0 Å². The molecule has 0 fully saturated rings. The Balaban J connectivity index is 2.04. The lowest BCUT2D eigenvalue weighted by atomic mass is 10.0. The first-order valence-corrected chi connectivity index (χ1v) is 15.7. The maximum absolute atomic E-state index is 14.1. The molecular weight excluding hydrogens is 546 g/mol. The molecule has 214 valence electrons. The number of hydrogen-bond acceptors (Lipinski definition) is 4. The lowest BCUT2D eigenvalue weighted by Crippen LogP contribution is -2.54. The maximum atomic E-state index is 14.1. The molecule has 9 heteroatoms. The Kier molecular flexibility index (Phi) is 11.2. The Hall–Kier alpha value is -3.36. The van der Waals surface area contributed by atoms with Crippen molar-refractivity contribution in [2.45, 2.75) is 58.7 Å². The number of amides is 2. The van der Waals surface area contributed by atoms with Crippen LogP contribution < -0.4 is 9.62 Å². The Bertz CT molecular complexity index is 1360. The highest BCUT2D eigenvalue weighted by atomic mass is 35.5. The lowest BCUT2D eigenvalue weighted by Gasteiger charge is -2.34. The summed E-state index contributed by atoms with van der Waals surface area (Å²) in [4.78, 5) is 29.2. The molecule has 0 aliphatic rings. The van der Waals surface area contributed by atoms with E-state index < -0.39 is 28.5 Å². The predicted molar refractivity (Wildman–Crippen MR) is 162 cm³/mol. The summed E-state index contributed by atoms with van der Waals surface area (Å²) in [6.45, 7) is 5.56. The van der Waals surface area contributed by atoms with Gasteiger partial charge in [-0.15, -0.1) is 0 Å². The van der Waals surface area contributed by atoms with Crippen LogP contribution >= 0.6 is 11.6 Å². The van der Waals surface area contributed by atoms with Gasteiger partial charge in [-0.1, -0.05) is 80.0 Å². The first-order valence-electron chi connectivity index (χ1n) is 13.5. The number of benzene rings is 3. The average Bonchev–Trinajstić information content (AvgIpc) is 2.94. The van der Waals surface area contributed by atoms with Gasteiger partial charge in [-0.05, 0) is 60.7 Å². The number of sulfonamides is 1. The molecule has 1 N–H and O–H groups in total. The fraction of sp³-hybridized carbons (Fsp3) is 0.355. The zero-order chi connectivity index (χ0) is 29.3. The number of rotatable bonds is 13. The third-order valence-corrected chi connectivity index (χ3v) is 8.24. The summed E-state index contributed by atoms with van der Waals surface area (Å²) in [6, 6.07) is 22.7. The van der Waals surface area contributed by atoms with Crippen LogP contribution in [0.3, 0.4) is 0 Å². The van der Waals surface area contributed by atoms with E-state index in [4.69, 9.17) is 11.6 Å². The molecular formula is C31H38ClN3O4S. The number of anilines is 1. The second-order valence-electron chi connectivity index (χ2n) is 9.96. The molecule has 0 saturated carbocycles. The van der Waals surface area contributed by atoms with Crippen LogP contribution in [0.4, 0.5) is 5.69 Å². The molecule has 0 aromatic heterocycles. The van der Waals surface area contributed by atoms with Gasteiger partial charge < -0.3 is 10.2 Å². The molecule has 3 aromatic rings. The average molecular weight is 584 g/mol. The molecule has 2 amide bonds. The quantitative estimate of drug-likeness (QED) is 0.299. The van der Waals surface area contributed by atoms with E-state index in [1.165, 1.54) is 4.90 Å². The Morgan fingerprint density at radius 2 is 1.48 bits per heavy atom. The van der Waals surface area contributed by atoms with Gasteiger partial charge >= 0.3 is 0 Å². The van der Waals surface area contributed by atoms with E-state index in [0.29, 0.717) is 10.7 Å². The molecule has 0 heterocycles. The number of aryl methyl sites for hydroxylation is 1. The maximum Gasteiger partial charge on any atom is 0.244 e. The third kappa shape index (κ3) is 8.83. The van der Waals surface area contributed by atoms with Crippen molar-refractivity contribution in [1.82, 2.24) is 10.2 Å². The van der Waals surface area contributed by atoms with Crippen LogP contribution in [0, 0.1) is 0 Å². The van der Waals surface area contributed by atoms with Crippen LogP contribution in [0.2, 0.25) is 5.02 Å². The van der Waals surface area contributed by atoms with Crippen LogP contribution in [-0.4, -0.2) is 50.0 Å². The summed E-state index contributed by atoms with van der Waals surface area (Å²) < 4.78 is 26.9. The van der Waals surface area contributed by atoms with Crippen molar-refractivity contribution in [2.75, 3.05) is 17.1 Å². The van der Waals surface area contributed by atoms with Crippen molar-refractivity contribution in [3.05, 3.63) is 101 Å². The smallest absolute Gasteiger partial charge is 0.244 e. The van der Waals surface area contributed by atoms with Gasteiger partial charge in [0.25, 0.3) is 0 Å². The molecule has 3 rings (SSSR count). The molecule has 40 heavy (non-hydrogen) atoms. The Morgan fingerprint density at radius 1 is 0.875 bits per heavy atom. The van der Waals surface area contributed by atoms with E-state index in [0.717, 1.165) is 40.1 Å². The predicted octanol–water partition coefficient (Wildman–Crippen LogP) is 5.22. The molecule has 0 unspecified atom stereocenters. The van der Waals surface area contributed by atoms with Crippen molar-refractivity contribution in [2.24, 2.45) is 0 Å². The van der Waals surface area contributed by atoms with Crippen LogP contribution in [0.1, 0.15) is 43.9 Å². The molecule has 0 bridgehead atoms. The molecule has 0 spiro atoms. The number of nitrogens with one attached hydrogen (secondary N) is 1. The molecule has 0 aliphatic carbocycles. The lowest BCUT2D eigenvalue weighted by molar-refractivity contribution is -0.140. The summed E-state index contributed by atoms with van der Waals surface area (Å²) >= 11 is 6.09. The minimum absolute atomic E-state index is 0.0946. The number of carbonyl (C=O) groups is 2. The minimum atomic E-state index is -3.80. The number of hydrogen-bond donors (Lipinski definition) is 1. The van der Waals surface area contributed by atoms with E-state index >= 15 is 0 Å². The largest absolute Gasteiger partial charge is 0.352 e. The van der Waals surface area contributed by atoms with Gasteiger partial charge in [0.15, 0.2) is 0 Å². The first kappa shape index (κ1) is 31.2. The Morgan fingerprint density at radius 3 is 2.02 bits per heavy atom. The third-order valence-electron chi connectivity index (χ3n) is 6.85. The van der Waals surface area contributed by atoms with Gasteiger partial charge in [-0.25, -0.2) is 8.42 Å². The normalized spacial score (nSPS) is 12.8. The molecule has 0 aliphatic heterocycles. The Labute approximate surface area is 243 Å². The second kappa shape index (κ2) is 14.3. The van der Waals surface area contributed by atoms with E-state index in [9.17, 15) is 18.0 Å². The first-order chi connectivity index (χ1) is 19.0. The standard InChI is InChI=1S/C31H38ClN3O4S/c1-5-23(3)33-31(37)29(20-25-10-8-7-9-11-25)34(21-26-12-16-27(32)17-13-26)30(36)22-35(40(4,38)39)28-18-14-24(6-2)15-19-28/h7-19,23,29H,5-6,20-22H2,1-4H3,(H,33,37)/t23-,29+/m0/s1. The van der Waals surface area contributed by atoms with Gasteiger partial charge in [0.05, 0.1) is 11.9 Å². The highest BCUT2D eigenvalue weighted by molar-refractivity contribution is 7.92. The summed E-state index contributed by atoms with van der Waals surface area (Å²) in [5.41, 5.74) is 3.10. The highest BCUT2D eigenvalue weighted by Gasteiger charge is 2.33. The zero-order valence-electron chi connectivity index (χ0n) is 23.5.